The average Bonchev–Trinajstić information content (AvgIpc) is 3.18. The zero-order chi connectivity index (χ0) is 14.8. The molecule has 110 valence electrons. The Balaban J connectivity index is 1.71. The van der Waals surface area contributed by atoms with Crippen molar-refractivity contribution < 1.29 is 5.11 Å². The Hall–Kier alpha value is -1.66. The number of aliphatic hydroxyl groups excluding tert-OH is 1. The average molecular weight is 319 g/mol. The number of rotatable bonds is 5. The van der Waals surface area contributed by atoms with Gasteiger partial charge in [-0.15, -0.1) is 22.7 Å². The summed E-state index contributed by atoms with van der Waals surface area (Å²) in [6.45, 7) is 3.22. The number of thiazole rings is 1. The van der Waals surface area contributed by atoms with Crippen LogP contribution in [0.4, 0.5) is 0 Å². The molecule has 2 N–H and O–H groups in total. The molecule has 0 aromatic carbocycles. The van der Waals surface area contributed by atoms with Crippen LogP contribution in [-0.4, -0.2) is 33.9 Å². The van der Waals surface area contributed by atoms with Gasteiger partial charge in [-0.2, -0.15) is 0 Å². The van der Waals surface area contributed by atoms with E-state index >= 15 is 0 Å². The van der Waals surface area contributed by atoms with Crippen molar-refractivity contribution in [1.29, 1.82) is 5.41 Å². The number of thiophene rings is 1. The van der Waals surface area contributed by atoms with Gasteiger partial charge in [0.05, 0.1) is 17.8 Å². The van der Waals surface area contributed by atoms with Gasteiger partial charge in [0.25, 0.3) is 0 Å². The molecule has 4 nitrogen and oxygen atoms in total. The molecule has 0 spiro atoms. The minimum absolute atomic E-state index is 0.267. The summed E-state index contributed by atoms with van der Waals surface area (Å²) in [5.74, 6) is 0.657. The molecule has 0 unspecified atom stereocenters. The SMILES string of the molecule is CCc1csc(C2=C(O)CN(CCc3cccs3)C2=N)n1. The van der Waals surface area contributed by atoms with Gasteiger partial charge in [0.2, 0.25) is 0 Å². The highest BCUT2D eigenvalue weighted by molar-refractivity contribution is 7.11. The van der Waals surface area contributed by atoms with E-state index in [2.05, 4.69) is 23.4 Å². The standard InChI is InChI=1S/C15H17N3OS2/c1-2-10-9-21-15(17-10)13-12(19)8-18(14(13)16)6-5-11-4-3-7-20-11/h3-4,7,9,16,19H,2,5-6,8H2,1H3. The van der Waals surface area contributed by atoms with Gasteiger partial charge in [-0.25, -0.2) is 4.98 Å². The third-order valence-electron chi connectivity index (χ3n) is 3.52. The minimum Gasteiger partial charge on any atom is -0.510 e. The third kappa shape index (κ3) is 2.87. The quantitative estimate of drug-likeness (QED) is 0.885. The van der Waals surface area contributed by atoms with Crippen molar-refractivity contribution in [2.24, 2.45) is 0 Å². The largest absolute Gasteiger partial charge is 0.510 e. The van der Waals surface area contributed by atoms with E-state index < -0.39 is 0 Å². The fourth-order valence-electron chi connectivity index (χ4n) is 2.33. The molecule has 0 atom stereocenters. The molecule has 3 rings (SSSR count). The first-order valence-corrected chi connectivity index (χ1v) is 8.68. The van der Waals surface area contributed by atoms with Crippen LogP contribution in [0.1, 0.15) is 22.5 Å². The van der Waals surface area contributed by atoms with Crippen molar-refractivity contribution >= 4 is 34.1 Å². The first kappa shape index (κ1) is 14.3. The summed E-state index contributed by atoms with van der Waals surface area (Å²) in [6.07, 6.45) is 1.78. The van der Waals surface area contributed by atoms with Crippen LogP contribution < -0.4 is 0 Å². The monoisotopic (exact) mass is 319 g/mol. The van der Waals surface area contributed by atoms with Gasteiger partial charge in [0.15, 0.2) is 0 Å². The predicted molar refractivity (Wildman–Crippen MR) is 88.4 cm³/mol. The molecule has 0 radical (unpaired) electrons. The van der Waals surface area contributed by atoms with Crippen molar-refractivity contribution in [2.45, 2.75) is 19.8 Å². The van der Waals surface area contributed by atoms with Gasteiger partial charge >= 0.3 is 0 Å². The zero-order valence-corrected chi connectivity index (χ0v) is 13.4. The molecule has 0 amide bonds. The number of hydrogen-bond donors (Lipinski definition) is 2. The highest BCUT2D eigenvalue weighted by atomic mass is 32.1. The highest BCUT2D eigenvalue weighted by Crippen LogP contribution is 2.29. The summed E-state index contributed by atoms with van der Waals surface area (Å²) in [6, 6.07) is 4.14. The van der Waals surface area contributed by atoms with Crippen molar-refractivity contribution in [2.75, 3.05) is 13.1 Å². The second kappa shape index (κ2) is 5.99. The first-order chi connectivity index (χ1) is 10.2. The number of amidine groups is 1. The summed E-state index contributed by atoms with van der Waals surface area (Å²) in [7, 11) is 0. The van der Waals surface area contributed by atoms with Gasteiger partial charge in [-0.3, -0.25) is 5.41 Å². The Bertz CT molecular complexity index is 673. The molecule has 6 heteroatoms. The Morgan fingerprint density at radius 2 is 2.29 bits per heavy atom. The predicted octanol–water partition coefficient (Wildman–Crippen LogP) is 3.57. The molecular formula is C15H17N3OS2. The number of aliphatic hydroxyl groups is 1. The number of aromatic nitrogens is 1. The minimum atomic E-state index is 0.267. The zero-order valence-electron chi connectivity index (χ0n) is 11.8. The lowest BCUT2D eigenvalue weighted by atomic mass is 10.2. The van der Waals surface area contributed by atoms with Crippen LogP contribution in [0.2, 0.25) is 0 Å². The van der Waals surface area contributed by atoms with Gasteiger partial charge < -0.3 is 10.0 Å². The van der Waals surface area contributed by atoms with E-state index in [-0.39, 0.29) is 5.76 Å². The van der Waals surface area contributed by atoms with E-state index in [1.807, 2.05) is 16.3 Å². The molecule has 0 saturated heterocycles. The van der Waals surface area contributed by atoms with Gasteiger partial charge in [0.1, 0.15) is 16.6 Å². The molecule has 3 heterocycles. The molecule has 0 aliphatic carbocycles. The Morgan fingerprint density at radius 1 is 1.43 bits per heavy atom. The van der Waals surface area contributed by atoms with Crippen molar-refractivity contribution in [3.63, 3.8) is 0 Å². The van der Waals surface area contributed by atoms with Crippen LogP contribution in [0, 0.1) is 5.41 Å². The maximum absolute atomic E-state index is 10.2. The topological polar surface area (TPSA) is 60.2 Å². The Morgan fingerprint density at radius 3 is 2.95 bits per heavy atom. The fourth-order valence-corrected chi connectivity index (χ4v) is 4.00. The first-order valence-electron chi connectivity index (χ1n) is 6.92. The number of nitrogens with zero attached hydrogens (tertiary/aromatic N) is 2. The van der Waals surface area contributed by atoms with E-state index in [0.717, 1.165) is 30.1 Å². The van der Waals surface area contributed by atoms with E-state index in [1.54, 1.807) is 11.3 Å². The van der Waals surface area contributed by atoms with Crippen LogP contribution in [0.25, 0.3) is 5.57 Å². The Labute approximate surface area is 131 Å². The molecule has 0 fully saturated rings. The van der Waals surface area contributed by atoms with Crippen LogP contribution in [0.3, 0.4) is 0 Å². The summed E-state index contributed by atoms with van der Waals surface area (Å²) >= 11 is 3.23. The molecule has 0 bridgehead atoms. The summed E-state index contributed by atoms with van der Waals surface area (Å²) < 4.78 is 0. The van der Waals surface area contributed by atoms with E-state index in [9.17, 15) is 5.11 Å². The fraction of sp³-hybridized carbons (Fsp3) is 0.333. The van der Waals surface area contributed by atoms with Gasteiger partial charge in [0, 0.05) is 16.8 Å². The second-order valence-electron chi connectivity index (χ2n) is 4.92. The lowest BCUT2D eigenvalue weighted by molar-refractivity contribution is 0.351. The number of nitrogens with one attached hydrogen (secondary N) is 1. The highest BCUT2D eigenvalue weighted by Gasteiger charge is 2.29. The molecule has 0 saturated carbocycles. The molecule has 21 heavy (non-hydrogen) atoms. The van der Waals surface area contributed by atoms with Crippen LogP contribution in [-0.2, 0) is 12.8 Å². The summed E-state index contributed by atoms with van der Waals surface area (Å²) in [5, 5.41) is 23.3. The number of hydrogen-bond acceptors (Lipinski definition) is 5. The molecule has 1 aliphatic rings. The summed E-state index contributed by atoms with van der Waals surface area (Å²) in [5.41, 5.74) is 1.62. The maximum atomic E-state index is 10.2. The van der Waals surface area contributed by atoms with Crippen molar-refractivity contribution in [3.05, 3.63) is 44.2 Å². The summed E-state index contributed by atoms with van der Waals surface area (Å²) in [4.78, 5) is 7.71. The molecular weight excluding hydrogens is 302 g/mol. The van der Waals surface area contributed by atoms with Crippen molar-refractivity contribution in [3.8, 4) is 0 Å². The smallest absolute Gasteiger partial charge is 0.135 e. The normalized spacial score (nSPS) is 15.3. The second-order valence-corrected chi connectivity index (χ2v) is 6.81. The molecule has 2 aromatic heterocycles. The van der Waals surface area contributed by atoms with Gasteiger partial charge in [-0.1, -0.05) is 13.0 Å². The Kier molecular flexibility index (Phi) is 4.07. The maximum Gasteiger partial charge on any atom is 0.135 e. The molecule has 1 aliphatic heterocycles. The lowest BCUT2D eigenvalue weighted by Gasteiger charge is -2.17. The van der Waals surface area contributed by atoms with Gasteiger partial charge in [-0.05, 0) is 24.3 Å². The van der Waals surface area contributed by atoms with Crippen LogP contribution in [0.15, 0.2) is 28.7 Å². The van der Waals surface area contributed by atoms with Crippen molar-refractivity contribution in [1.82, 2.24) is 9.88 Å². The number of aryl methyl sites for hydroxylation is 1. The van der Waals surface area contributed by atoms with E-state index in [1.165, 1.54) is 16.2 Å². The van der Waals surface area contributed by atoms with E-state index in [0.29, 0.717) is 18.0 Å². The van der Waals surface area contributed by atoms with Crippen LogP contribution in [0.5, 0.6) is 0 Å². The lowest BCUT2D eigenvalue weighted by Crippen LogP contribution is -2.28. The van der Waals surface area contributed by atoms with Crippen LogP contribution >= 0.6 is 22.7 Å². The third-order valence-corrected chi connectivity index (χ3v) is 5.36. The molecule has 2 aromatic rings. The van der Waals surface area contributed by atoms with E-state index in [4.69, 9.17) is 5.41 Å².